The maximum Gasteiger partial charge on any atom is 0.290 e. The fraction of sp³-hybridized carbons (Fsp3) is 0.160. The summed E-state index contributed by atoms with van der Waals surface area (Å²) in [5.41, 5.74) is 4.35. The number of carbonyl (C=O) groups excluding carboxylic acids is 1. The van der Waals surface area contributed by atoms with E-state index in [4.69, 9.17) is 0 Å². The van der Waals surface area contributed by atoms with Crippen LogP contribution in [-0.4, -0.2) is 15.9 Å². The molecule has 1 aliphatic heterocycles. The van der Waals surface area contributed by atoms with Crippen LogP contribution >= 0.6 is 0 Å². The Kier molecular flexibility index (Phi) is 5.17. The molecule has 0 bridgehead atoms. The summed E-state index contributed by atoms with van der Waals surface area (Å²) in [5.74, 6) is -0.972. The van der Waals surface area contributed by atoms with Gasteiger partial charge >= 0.3 is 0 Å². The Morgan fingerprint density at radius 2 is 1.52 bits per heavy atom. The maximum absolute atomic E-state index is 13.3. The maximum atomic E-state index is 13.3. The number of hydrogen-bond donors (Lipinski definition) is 1. The van der Waals surface area contributed by atoms with Gasteiger partial charge in [0.15, 0.2) is 5.76 Å². The molecule has 3 aromatic carbocycles. The lowest BCUT2D eigenvalue weighted by atomic mass is 9.92. The lowest BCUT2D eigenvalue weighted by Crippen LogP contribution is -2.29. The van der Waals surface area contributed by atoms with Crippen LogP contribution in [0.1, 0.15) is 35.2 Å². The highest BCUT2D eigenvalue weighted by atomic mass is 19.1. The van der Waals surface area contributed by atoms with E-state index in [1.54, 1.807) is 17.0 Å². The molecule has 3 nitrogen and oxygen atoms in total. The molecule has 1 aliphatic rings. The molecule has 0 radical (unpaired) electrons. The van der Waals surface area contributed by atoms with Crippen molar-refractivity contribution in [2.24, 2.45) is 0 Å². The summed E-state index contributed by atoms with van der Waals surface area (Å²) in [7, 11) is 0. The van der Waals surface area contributed by atoms with Crippen molar-refractivity contribution in [2.75, 3.05) is 0 Å². The zero-order valence-electron chi connectivity index (χ0n) is 16.2. The molecule has 0 aromatic heterocycles. The molecule has 146 valence electrons. The lowest BCUT2D eigenvalue weighted by molar-refractivity contribution is -0.130. The summed E-state index contributed by atoms with van der Waals surface area (Å²) in [6, 6.07) is 23.3. The molecule has 1 atom stereocenters. The first-order chi connectivity index (χ1) is 14.1. The SMILES string of the molecule is CCc1ccc([C@@H]2C(c3ccccc3)=C(O)C(=O)N2Cc2ccc(F)cc2)cc1. The van der Waals surface area contributed by atoms with Crippen LogP contribution in [0.15, 0.2) is 84.6 Å². The first-order valence-corrected chi connectivity index (χ1v) is 9.71. The predicted octanol–water partition coefficient (Wildman–Crippen LogP) is 5.44. The minimum absolute atomic E-state index is 0.233. The van der Waals surface area contributed by atoms with Crippen LogP contribution in [0.2, 0.25) is 0 Å². The summed E-state index contributed by atoms with van der Waals surface area (Å²) >= 11 is 0. The van der Waals surface area contributed by atoms with Crippen LogP contribution in [0.5, 0.6) is 0 Å². The third-order valence-electron chi connectivity index (χ3n) is 5.36. The largest absolute Gasteiger partial charge is 0.503 e. The minimum atomic E-state index is -0.419. The quantitative estimate of drug-likeness (QED) is 0.633. The second-order valence-corrected chi connectivity index (χ2v) is 7.19. The van der Waals surface area contributed by atoms with Gasteiger partial charge in [0.05, 0.1) is 6.04 Å². The molecule has 0 unspecified atom stereocenters. The number of carbonyl (C=O) groups is 1. The Morgan fingerprint density at radius 1 is 0.897 bits per heavy atom. The van der Waals surface area contributed by atoms with Crippen molar-refractivity contribution < 1.29 is 14.3 Å². The summed E-state index contributed by atoms with van der Waals surface area (Å²) < 4.78 is 13.3. The first kappa shape index (κ1) is 18.9. The number of nitrogens with zero attached hydrogens (tertiary/aromatic N) is 1. The van der Waals surface area contributed by atoms with Crippen molar-refractivity contribution in [2.45, 2.75) is 25.9 Å². The first-order valence-electron chi connectivity index (χ1n) is 9.71. The number of benzene rings is 3. The molecular formula is C25H22FNO2. The smallest absolute Gasteiger partial charge is 0.290 e. The van der Waals surface area contributed by atoms with Gasteiger partial charge in [-0.05, 0) is 40.8 Å². The van der Waals surface area contributed by atoms with Crippen LogP contribution in [0.3, 0.4) is 0 Å². The number of rotatable bonds is 5. The molecule has 1 heterocycles. The van der Waals surface area contributed by atoms with E-state index < -0.39 is 11.9 Å². The second-order valence-electron chi connectivity index (χ2n) is 7.19. The van der Waals surface area contributed by atoms with Gasteiger partial charge in [0.25, 0.3) is 5.91 Å². The topological polar surface area (TPSA) is 40.5 Å². The van der Waals surface area contributed by atoms with Crippen molar-refractivity contribution in [3.8, 4) is 0 Å². The van der Waals surface area contributed by atoms with Gasteiger partial charge in [-0.2, -0.15) is 0 Å². The molecule has 0 saturated heterocycles. The van der Waals surface area contributed by atoms with Crippen LogP contribution in [0.25, 0.3) is 5.57 Å². The molecule has 4 heteroatoms. The highest BCUT2D eigenvalue weighted by Crippen LogP contribution is 2.43. The zero-order chi connectivity index (χ0) is 20.4. The number of amides is 1. The second kappa shape index (κ2) is 7.92. The van der Waals surface area contributed by atoms with Crippen molar-refractivity contribution in [3.05, 3.63) is 113 Å². The Hall–Kier alpha value is -3.40. The van der Waals surface area contributed by atoms with E-state index in [1.807, 2.05) is 54.6 Å². The van der Waals surface area contributed by atoms with E-state index in [9.17, 15) is 14.3 Å². The fourth-order valence-electron chi connectivity index (χ4n) is 3.80. The predicted molar refractivity (Wildman–Crippen MR) is 112 cm³/mol. The Balaban J connectivity index is 1.79. The lowest BCUT2D eigenvalue weighted by Gasteiger charge is -2.27. The molecule has 1 amide bonds. The summed E-state index contributed by atoms with van der Waals surface area (Å²) in [6.07, 6.45) is 0.926. The highest BCUT2D eigenvalue weighted by molar-refractivity contribution is 6.05. The Morgan fingerprint density at radius 3 is 2.14 bits per heavy atom. The van der Waals surface area contributed by atoms with Crippen LogP contribution in [0, 0.1) is 5.82 Å². The van der Waals surface area contributed by atoms with Gasteiger partial charge in [-0.1, -0.05) is 73.7 Å². The van der Waals surface area contributed by atoms with E-state index in [-0.39, 0.29) is 18.1 Å². The molecule has 4 rings (SSSR count). The molecule has 0 spiro atoms. The number of aliphatic hydroxyl groups is 1. The number of hydrogen-bond acceptors (Lipinski definition) is 2. The van der Waals surface area contributed by atoms with Crippen molar-refractivity contribution in [1.82, 2.24) is 4.90 Å². The summed E-state index contributed by atoms with van der Waals surface area (Å²) in [5, 5.41) is 10.8. The van der Waals surface area contributed by atoms with Gasteiger partial charge in [-0.25, -0.2) is 4.39 Å². The third kappa shape index (κ3) is 3.66. The van der Waals surface area contributed by atoms with Gasteiger partial charge in [0.2, 0.25) is 0 Å². The molecular weight excluding hydrogens is 365 g/mol. The average molecular weight is 387 g/mol. The molecule has 0 saturated carbocycles. The van der Waals surface area contributed by atoms with Gasteiger partial charge < -0.3 is 10.0 Å². The monoisotopic (exact) mass is 387 g/mol. The molecule has 0 aliphatic carbocycles. The van der Waals surface area contributed by atoms with Gasteiger partial charge in [-0.15, -0.1) is 0 Å². The van der Waals surface area contributed by atoms with Gasteiger partial charge in [-0.3, -0.25) is 4.79 Å². The molecule has 3 aromatic rings. The van der Waals surface area contributed by atoms with E-state index in [0.29, 0.717) is 5.57 Å². The average Bonchev–Trinajstić information content (AvgIpc) is 3.01. The Labute approximate surface area is 169 Å². The summed E-state index contributed by atoms with van der Waals surface area (Å²) in [4.78, 5) is 14.7. The normalized spacial score (nSPS) is 16.6. The number of aryl methyl sites for hydroxylation is 1. The third-order valence-corrected chi connectivity index (χ3v) is 5.36. The number of halogens is 1. The van der Waals surface area contributed by atoms with E-state index >= 15 is 0 Å². The molecule has 1 N–H and O–H groups in total. The van der Waals surface area contributed by atoms with Crippen LogP contribution < -0.4 is 0 Å². The van der Waals surface area contributed by atoms with E-state index in [0.717, 1.165) is 23.1 Å². The van der Waals surface area contributed by atoms with Crippen molar-refractivity contribution in [3.63, 3.8) is 0 Å². The van der Waals surface area contributed by atoms with Gasteiger partial charge in [0, 0.05) is 12.1 Å². The summed E-state index contributed by atoms with van der Waals surface area (Å²) in [6.45, 7) is 2.37. The molecule has 29 heavy (non-hydrogen) atoms. The number of aliphatic hydroxyl groups excluding tert-OH is 1. The fourth-order valence-corrected chi connectivity index (χ4v) is 3.80. The van der Waals surface area contributed by atoms with Crippen molar-refractivity contribution >= 4 is 11.5 Å². The van der Waals surface area contributed by atoms with Crippen LogP contribution in [-0.2, 0) is 17.8 Å². The molecule has 0 fully saturated rings. The van der Waals surface area contributed by atoms with E-state index in [1.165, 1.54) is 17.7 Å². The van der Waals surface area contributed by atoms with Crippen molar-refractivity contribution in [1.29, 1.82) is 0 Å². The minimum Gasteiger partial charge on any atom is -0.503 e. The Bertz CT molecular complexity index is 1040. The van der Waals surface area contributed by atoms with E-state index in [2.05, 4.69) is 6.92 Å². The van der Waals surface area contributed by atoms with Gasteiger partial charge in [0.1, 0.15) is 5.82 Å². The highest BCUT2D eigenvalue weighted by Gasteiger charge is 2.40. The zero-order valence-corrected chi connectivity index (χ0v) is 16.2. The van der Waals surface area contributed by atoms with Crippen LogP contribution in [0.4, 0.5) is 4.39 Å². The standard InChI is InChI=1S/C25H22FNO2/c1-2-17-8-12-20(13-9-17)23-22(19-6-4-3-5-7-19)24(28)25(29)27(23)16-18-10-14-21(26)15-11-18/h3-15,23,28H,2,16H2,1H3/t23-/m1/s1.